The summed E-state index contributed by atoms with van der Waals surface area (Å²) >= 11 is 1.33. The van der Waals surface area contributed by atoms with Gasteiger partial charge in [0.15, 0.2) is 5.13 Å². The molecule has 1 aliphatic rings. The number of carbonyl (C=O) groups is 3. The van der Waals surface area contributed by atoms with Crippen LogP contribution in [0.4, 0.5) is 15.7 Å². The van der Waals surface area contributed by atoms with Crippen LogP contribution in [0.25, 0.3) is 22.4 Å². The number of amides is 3. The van der Waals surface area contributed by atoms with Crippen LogP contribution in [0.15, 0.2) is 72.5 Å². The van der Waals surface area contributed by atoms with Gasteiger partial charge in [0.05, 0.1) is 11.3 Å². The van der Waals surface area contributed by atoms with Crippen molar-refractivity contribution >= 4 is 40.2 Å². The first-order valence-electron chi connectivity index (χ1n) is 12.7. The lowest BCUT2D eigenvalue weighted by atomic mass is 10.0. The van der Waals surface area contributed by atoms with Gasteiger partial charge in [-0.15, -0.1) is 11.3 Å². The van der Waals surface area contributed by atoms with E-state index in [0.29, 0.717) is 23.7 Å². The third kappa shape index (κ3) is 6.32. The predicted octanol–water partition coefficient (Wildman–Crippen LogP) is 5.47. The summed E-state index contributed by atoms with van der Waals surface area (Å²) in [5, 5.41) is 7.74. The summed E-state index contributed by atoms with van der Waals surface area (Å²) < 4.78 is 5.21. The summed E-state index contributed by atoms with van der Waals surface area (Å²) in [5.41, 5.74) is 3.47. The normalized spacial score (nSPS) is 14.7. The van der Waals surface area contributed by atoms with Crippen LogP contribution in [-0.4, -0.2) is 55.9 Å². The summed E-state index contributed by atoms with van der Waals surface area (Å²) in [6.45, 7) is 5.74. The van der Waals surface area contributed by atoms with Crippen LogP contribution >= 0.6 is 11.3 Å². The van der Waals surface area contributed by atoms with Crippen molar-refractivity contribution in [2.75, 3.05) is 17.2 Å². The van der Waals surface area contributed by atoms with Gasteiger partial charge in [-0.25, -0.2) is 14.8 Å². The van der Waals surface area contributed by atoms with Crippen molar-refractivity contribution in [2.24, 2.45) is 0 Å². The molecule has 40 heavy (non-hydrogen) atoms. The highest BCUT2D eigenvalue weighted by molar-refractivity contribution is 7.14. The van der Waals surface area contributed by atoms with E-state index in [1.165, 1.54) is 28.5 Å². The standard InChI is InChI=1S/C29H28N6O4S/c1-29(2,3)39-28(38)33-24-8-7-21(16-31-24)26(37)35-14-11-23(35)25(36)34-27-32-22(17-40-27)20-6-4-5-19(15-20)18-9-12-30-13-10-18/h4-10,12-13,15-17,23H,11,14H2,1-3H3,(H,31,33,38)(H,32,34,36). The molecule has 5 rings (SSSR count). The van der Waals surface area contributed by atoms with E-state index in [4.69, 9.17) is 4.74 Å². The second-order valence-corrected chi connectivity index (χ2v) is 11.1. The second kappa shape index (κ2) is 11.2. The molecule has 1 atom stereocenters. The molecule has 0 radical (unpaired) electrons. The number of rotatable bonds is 6. The Morgan fingerprint density at radius 3 is 2.45 bits per heavy atom. The van der Waals surface area contributed by atoms with Crippen molar-refractivity contribution in [1.82, 2.24) is 19.9 Å². The lowest BCUT2D eigenvalue weighted by Gasteiger charge is -2.39. The fourth-order valence-electron chi connectivity index (χ4n) is 4.13. The third-order valence-electron chi connectivity index (χ3n) is 6.13. The van der Waals surface area contributed by atoms with Crippen molar-refractivity contribution < 1.29 is 19.1 Å². The van der Waals surface area contributed by atoms with Crippen LogP contribution in [0, 0.1) is 0 Å². The van der Waals surface area contributed by atoms with Gasteiger partial charge in [0.1, 0.15) is 17.5 Å². The number of anilines is 2. The molecule has 3 amide bonds. The average Bonchev–Trinajstić information content (AvgIpc) is 3.36. The molecular formula is C29H28N6O4S. The van der Waals surface area contributed by atoms with E-state index in [1.807, 2.05) is 41.8 Å². The Hall–Kier alpha value is -4.64. The molecule has 4 heterocycles. The fraction of sp³-hybridized carbons (Fsp3) is 0.241. The molecule has 0 saturated carbocycles. The lowest BCUT2D eigenvalue weighted by Crippen LogP contribution is -2.56. The van der Waals surface area contributed by atoms with Crippen LogP contribution in [-0.2, 0) is 9.53 Å². The number of aromatic nitrogens is 3. The molecule has 1 fully saturated rings. The first-order chi connectivity index (χ1) is 19.2. The minimum atomic E-state index is -0.640. The molecule has 1 saturated heterocycles. The minimum absolute atomic E-state index is 0.259. The van der Waals surface area contributed by atoms with Crippen molar-refractivity contribution in [3.63, 3.8) is 0 Å². The van der Waals surface area contributed by atoms with E-state index >= 15 is 0 Å². The quantitative estimate of drug-likeness (QED) is 0.323. The van der Waals surface area contributed by atoms with Crippen LogP contribution < -0.4 is 10.6 Å². The molecule has 1 aromatic carbocycles. The third-order valence-corrected chi connectivity index (χ3v) is 6.89. The van der Waals surface area contributed by atoms with Gasteiger partial charge in [0.25, 0.3) is 5.91 Å². The number of ether oxygens (including phenoxy) is 1. The number of carbonyl (C=O) groups excluding carboxylic acids is 3. The molecule has 204 valence electrons. The van der Waals surface area contributed by atoms with Crippen molar-refractivity contribution in [3.8, 4) is 22.4 Å². The zero-order valence-corrected chi connectivity index (χ0v) is 23.1. The first-order valence-corrected chi connectivity index (χ1v) is 13.6. The number of nitrogens with zero attached hydrogens (tertiary/aromatic N) is 4. The molecular weight excluding hydrogens is 528 g/mol. The van der Waals surface area contributed by atoms with Crippen molar-refractivity contribution in [1.29, 1.82) is 0 Å². The molecule has 2 N–H and O–H groups in total. The van der Waals surface area contributed by atoms with E-state index < -0.39 is 17.7 Å². The summed E-state index contributed by atoms with van der Waals surface area (Å²) in [6.07, 6.45) is 4.79. The fourth-order valence-corrected chi connectivity index (χ4v) is 4.85. The maximum atomic E-state index is 13.0. The molecule has 11 heteroatoms. The van der Waals surface area contributed by atoms with Gasteiger partial charge >= 0.3 is 6.09 Å². The van der Waals surface area contributed by atoms with Crippen LogP contribution in [0.2, 0.25) is 0 Å². The molecule has 10 nitrogen and oxygen atoms in total. The highest BCUT2D eigenvalue weighted by atomic mass is 32.1. The monoisotopic (exact) mass is 556 g/mol. The first kappa shape index (κ1) is 26.9. The summed E-state index contributed by atoms with van der Waals surface area (Å²) in [7, 11) is 0. The van der Waals surface area contributed by atoms with Crippen LogP contribution in [0.3, 0.4) is 0 Å². The van der Waals surface area contributed by atoms with Crippen LogP contribution in [0.5, 0.6) is 0 Å². The number of thiazole rings is 1. The number of nitrogens with one attached hydrogen (secondary N) is 2. The van der Waals surface area contributed by atoms with Crippen molar-refractivity contribution in [3.05, 3.63) is 78.1 Å². The molecule has 0 spiro atoms. The van der Waals surface area contributed by atoms with E-state index in [-0.39, 0.29) is 17.6 Å². The Bertz CT molecular complexity index is 1530. The Morgan fingerprint density at radius 1 is 1.00 bits per heavy atom. The van der Waals surface area contributed by atoms with Gasteiger partial charge in [-0.1, -0.05) is 18.2 Å². The number of hydrogen-bond acceptors (Lipinski definition) is 8. The number of hydrogen-bond donors (Lipinski definition) is 2. The minimum Gasteiger partial charge on any atom is -0.444 e. The Balaban J connectivity index is 1.19. The van der Waals surface area contributed by atoms with Gasteiger partial charge < -0.3 is 15.0 Å². The summed E-state index contributed by atoms with van der Waals surface area (Å²) in [6, 6.07) is 14.4. The van der Waals surface area contributed by atoms with E-state index in [0.717, 1.165) is 22.4 Å². The molecule has 1 unspecified atom stereocenters. The Morgan fingerprint density at radius 2 is 1.77 bits per heavy atom. The highest BCUT2D eigenvalue weighted by Crippen LogP contribution is 2.30. The molecule has 4 aromatic rings. The SMILES string of the molecule is CC(C)(C)OC(=O)Nc1ccc(C(=O)N2CCC2C(=O)Nc2nc(-c3cccc(-c4ccncc4)c3)cs2)cn1. The largest absolute Gasteiger partial charge is 0.444 e. The number of pyridine rings is 2. The number of likely N-dealkylation sites (tertiary alicyclic amines) is 1. The van der Waals surface area contributed by atoms with Gasteiger partial charge in [0, 0.05) is 36.1 Å². The lowest BCUT2D eigenvalue weighted by molar-refractivity contribution is -0.123. The Kier molecular flexibility index (Phi) is 7.56. The van der Waals surface area contributed by atoms with Crippen molar-refractivity contribution in [2.45, 2.75) is 38.8 Å². The topological polar surface area (TPSA) is 126 Å². The van der Waals surface area contributed by atoms with E-state index in [9.17, 15) is 14.4 Å². The molecule has 0 aliphatic carbocycles. The predicted molar refractivity (Wildman–Crippen MR) is 153 cm³/mol. The smallest absolute Gasteiger partial charge is 0.413 e. The average molecular weight is 557 g/mol. The zero-order chi connectivity index (χ0) is 28.3. The highest BCUT2D eigenvalue weighted by Gasteiger charge is 2.38. The van der Waals surface area contributed by atoms with E-state index in [2.05, 4.69) is 25.6 Å². The maximum absolute atomic E-state index is 13.0. The molecule has 0 bridgehead atoms. The zero-order valence-electron chi connectivity index (χ0n) is 22.2. The van der Waals surface area contributed by atoms with E-state index in [1.54, 1.807) is 39.2 Å². The molecule has 1 aliphatic heterocycles. The van der Waals surface area contributed by atoms with Gasteiger partial charge in [0.2, 0.25) is 5.91 Å². The van der Waals surface area contributed by atoms with Gasteiger partial charge in [-0.05, 0) is 68.7 Å². The maximum Gasteiger partial charge on any atom is 0.413 e. The van der Waals surface area contributed by atoms with Gasteiger partial charge in [-0.2, -0.15) is 0 Å². The molecule has 3 aromatic heterocycles. The summed E-state index contributed by atoms with van der Waals surface area (Å²) in [5.74, 6) is -0.340. The second-order valence-electron chi connectivity index (χ2n) is 10.2. The van der Waals surface area contributed by atoms with Crippen LogP contribution in [0.1, 0.15) is 37.6 Å². The Labute approximate surface area is 235 Å². The number of benzene rings is 1. The summed E-state index contributed by atoms with van der Waals surface area (Å²) in [4.78, 5) is 52.3. The van der Waals surface area contributed by atoms with Gasteiger partial charge in [-0.3, -0.25) is 19.9 Å².